The van der Waals surface area contributed by atoms with E-state index in [9.17, 15) is 4.79 Å². The number of fused-ring (bicyclic) bond motifs is 1. The highest BCUT2D eigenvalue weighted by molar-refractivity contribution is 7.15. The Bertz CT molecular complexity index is 768. The van der Waals surface area contributed by atoms with Crippen molar-refractivity contribution >= 4 is 33.3 Å². The lowest BCUT2D eigenvalue weighted by molar-refractivity contribution is -0.116. The van der Waals surface area contributed by atoms with Gasteiger partial charge in [0.2, 0.25) is 5.91 Å². The molecule has 0 unspecified atom stereocenters. The number of anilines is 1. The number of nitrogens with one attached hydrogen (secondary N) is 2. The molecule has 21 heavy (non-hydrogen) atoms. The lowest BCUT2D eigenvalue weighted by Crippen LogP contribution is -2.12. The molecule has 0 atom stereocenters. The predicted molar refractivity (Wildman–Crippen MR) is 86.8 cm³/mol. The molecule has 0 saturated heterocycles. The number of aromatic nitrogens is 2. The van der Waals surface area contributed by atoms with Gasteiger partial charge in [-0.05, 0) is 31.9 Å². The Morgan fingerprint density at radius 3 is 2.90 bits per heavy atom. The van der Waals surface area contributed by atoms with Gasteiger partial charge in [0.15, 0.2) is 5.13 Å². The first-order valence-corrected chi connectivity index (χ1v) is 7.74. The molecular weight excluding hydrogens is 282 g/mol. The average Bonchev–Trinajstić information content (AvgIpc) is 3.01. The van der Waals surface area contributed by atoms with Crippen molar-refractivity contribution < 1.29 is 4.79 Å². The van der Waals surface area contributed by atoms with Crippen LogP contribution in [0.25, 0.3) is 10.9 Å². The standard InChI is InChI=1S/C16H17N3OS/c1-10-11(2)21-16(18-10)19-15(20)8-7-12-9-17-14-6-4-3-5-13(12)14/h3-6,9,17H,7-8H2,1-2H3,(H,18,19,20). The minimum atomic E-state index is 0.00836. The SMILES string of the molecule is Cc1nc(NC(=O)CCc2c[nH]c3ccccc23)sc1C. The predicted octanol–water partition coefficient (Wildman–Crippen LogP) is 3.81. The average molecular weight is 299 g/mol. The van der Waals surface area contributed by atoms with Crippen LogP contribution in [0.2, 0.25) is 0 Å². The van der Waals surface area contributed by atoms with Crippen molar-refractivity contribution in [1.29, 1.82) is 0 Å². The molecule has 1 aromatic carbocycles. The Balaban J connectivity index is 1.63. The number of carbonyl (C=O) groups excluding carboxylic acids is 1. The Labute approximate surface area is 127 Å². The zero-order valence-electron chi connectivity index (χ0n) is 12.1. The Morgan fingerprint density at radius 2 is 2.14 bits per heavy atom. The van der Waals surface area contributed by atoms with Gasteiger partial charge in [-0.1, -0.05) is 18.2 Å². The molecule has 4 nitrogen and oxygen atoms in total. The molecule has 0 fully saturated rings. The third-order valence-electron chi connectivity index (χ3n) is 3.57. The molecular formula is C16H17N3OS. The number of para-hydroxylation sites is 1. The number of thiazole rings is 1. The summed E-state index contributed by atoms with van der Waals surface area (Å²) in [6.07, 6.45) is 3.16. The van der Waals surface area contributed by atoms with E-state index in [2.05, 4.69) is 21.4 Å². The molecule has 0 saturated carbocycles. The van der Waals surface area contributed by atoms with Crippen LogP contribution in [0.4, 0.5) is 5.13 Å². The van der Waals surface area contributed by atoms with Crippen LogP contribution in [0.5, 0.6) is 0 Å². The van der Waals surface area contributed by atoms with E-state index in [1.807, 2.05) is 38.2 Å². The lowest BCUT2D eigenvalue weighted by Gasteiger charge is -2.01. The fourth-order valence-electron chi connectivity index (χ4n) is 2.29. The summed E-state index contributed by atoms with van der Waals surface area (Å²) < 4.78 is 0. The highest BCUT2D eigenvalue weighted by Crippen LogP contribution is 2.22. The minimum Gasteiger partial charge on any atom is -0.361 e. The molecule has 0 radical (unpaired) electrons. The number of rotatable bonds is 4. The van der Waals surface area contributed by atoms with Crippen molar-refractivity contribution in [2.45, 2.75) is 26.7 Å². The topological polar surface area (TPSA) is 57.8 Å². The van der Waals surface area contributed by atoms with Gasteiger partial charge in [0.25, 0.3) is 0 Å². The number of aromatic amines is 1. The second kappa shape index (κ2) is 5.69. The van der Waals surface area contributed by atoms with E-state index in [-0.39, 0.29) is 5.91 Å². The third kappa shape index (κ3) is 2.97. The fraction of sp³-hybridized carbons (Fsp3) is 0.250. The largest absolute Gasteiger partial charge is 0.361 e. The summed E-state index contributed by atoms with van der Waals surface area (Å²) >= 11 is 1.52. The Morgan fingerprint density at radius 1 is 1.33 bits per heavy atom. The monoisotopic (exact) mass is 299 g/mol. The Hall–Kier alpha value is -2.14. The number of aryl methyl sites for hydroxylation is 3. The molecule has 2 aromatic heterocycles. The van der Waals surface area contributed by atoms with Gasteiger partial charge in [0.05, 0.1) is 5.69 Å². The second-order valence-electron chi connectivity index (χ2n) is 5.07. The number of H-pyrrole nitrogens is 1. The van der Waals surface area contributed by atoms with Crippen molar-refractivity contribution in [2.75, 3.05) is 5.32 Å². The van der Waals surface area contributed by atoms with Crippen LogP contribution in [0.1, 0.15) is 22.6 Å². The molecule has 0 aliphatic rings. The maximum atomic E-state index is 12.0. The number of hydrogen-bond donors (Lipinski definition) is 2. The van der Waals surface area contributed by atoms with Crippen LogP contribution >= 0.6 is 11.3 Å². The summed E-state index contributed by atoms with van der Waals surface area (Å²) in [6, 6.07) is 8.13. The van der Waals surface area contributed by atoms with Crippen molar-refractivity contribution in [3.05, 3.63) is 46.6 Å². The Kier molecular flexibility index (Phi) is 3.75. The summed E-state index contributed by atoms with van der Waals surface area (Å²) in [5.41, 5.74) is 3.26. The van der Waals surface area contributed by atoms with Gasteiger partial charge in [-0.25, -0.2) is 4.98 Å². The summed E-state index contributed by atoms with van der Waals surface area (Å²) in [4.78, 5) is 20.7. The first-order chi connectivity index (χ1) is 10.1. The molecule has 0 bridgehead atoms. The van der Waals surface area contributed by atoms with Crippen molar-refractivity contribution in [1.82, 2.24) is 9.97 Å². The zero-order chi connectivity index (χ0) is 14.8. The van der Waals surface area contributed by atoms with E-state index < -0.39 is 0 Å². The molecule has 0 aliphatic heterocycles. The normalized spacial score (nSPS) is 11.0. The number of amides is 1. The molecule has 0 aliphatic carbocycles. The first kappa shape index (κ1) is 13.8. The van der Waals surface area contributed by atoms with Gasteiger partial charge in [0.1, 0.15) is 0 Å². The minimum absolute atomic E-state index is 0.00836. The molecule has 1 amide bonds. The molecule has 108 valence electrons. The van der Waals surface area contributed by atoms with Gasteiger partial charge >= 0.3 is 0 Å². The van der Waals surface area contributed by atoms with E-state index in [0.29, 0.717) is 11.6 Å². The van der Waals surface area contributed by atoms with Crippen LogP contribution in [-0.4, -0.2) is 15.9 Å². The van der Waals surface area contributed by atoms with Crippen molar-refractivity contribution in [2.24, 2.45) is 0 Å². The van der Waals surface area contributed by atoms with E-state index in [0.717, 1.165) is 22.5 Å². The molecule has 2 N–H and O–H groups in total. The van der Waals surface area contributed by atoms with Crippen molar-refractivity contribution in [3.8, 4) is 0 Å². The summed E-state index contributed by atoms with van der Waals surface area (Å²) in [7, 11) is 0. The van der Waals surface area contributed by atoms with Crippen LogP contribution in [0, 0.1) is 13.8 Å². The number of hydrogen-bond acceptors (Lipinski definition) is 3. The van der Waals surface area contributed by atoms with Gasteiger partial charge in [-0.2, -0.15) is 0 Å². The summed E-state index contributed by atoms with van der Waals surface area (Å²) in [6.45, 7) is 3.96. The van der Waals surface area contributed by atoms with Crippen LogP contribution < -0.4 is 5.32 Å². The maximum Gasteiger partial charge on any atom is 0.226 e. The highest BCUT2D eigenvalue weighted by atomic mass is 32.1. The lowest BCUT2D eigenvalue weighted by atomic mass is 10.1. The van der Waals surface area contributed by atoms with Crippen molar-refractivity contribution in [3.63, 3.8) is 0 Å². The third-order valence-corrected chi connectivity index (χ3v) is 4.56. The van der Waals surface area contributed by atoms with Gasteiger partial charge in [-0.15, -0.1) is 11.3 Å². The quantitative estimate of drug-likeness (QED) is 0.769. The molecule has 3 aromatic rings. The summed E-state index contributed by atoms with van der Waals surface area (Å²) in [5, 5.41) is 4.75. The van der Waals surface area contributed by atoms with E-state index in [1.165, 1.54) is 22.3 Å². The van der Waals surface area contributed by atoms with Gasteiger partial charge < -0.3 is 10.3 Å². The van der Waals surface area contributed by atoms with Crippen LogP contribution in [-0.2, 0) is 11.2 Å². The van der Waals surface area contributed by atoms with Crippen LogP contribution in [0.15, 0.2) is 30.5 Å². The summed E-state index contributed by atoms with van der Waals surface area (Å²) in [5.74, 6) is 0.00836. The zero-order valence-corrected chi connectivity index (χ0v) is 12.9. The molecule has 3 rings (SSSR count). The van der Waals surface area contributed by atoms with Gasteiger partial charge in [-0.3, -0.25) is 4.79 Å². The number of carbonyl (C=O) groups is 1. The number of nitrogens with zero attached hydrogens (tertiary/aromatic N) is 1. The molecule has 2 heterocycles. The van der Waals surface area contributed by atoms with E-state index >= 15 is 0 Å². The second-order valence-corrected chi connectivity index (χ2v) is 6.27. The fourth-order valence-corrected chi connectivity index (χ4v) is 3.13. The molecule has 5 heteroatoms. The van der Waals surface area contributed by atoms with E-state index in [1.54, 1.807) is 0 Å². The van der Waals surface area contributed by atoms with Crippen LogP contribution in [0.3, 0.4) is 0 Å². The number of benzene rings is 1. The van der Waals surface area contributed by atoms with E-state index in [4.69, 9.17) is 0 Å². The highest BCUT2D eigenvalue weighted by Gasteiger charge is 2.09. The smallest absolute Gasteiger partial charge is 0.226 e. The first-order valence-electron chi connectivity index (χ1n) is 6.92. The maximum absolute atomic E-state index is 12.0. The molecule has 0 spiro atoms. The van der Waals surface area contributed by atoms with Gasteiger partial charge in [0, 0.05) is 28.4 Å².